The fraction of sp³-hybridized carbons (Fsp3) is 0.615. The van der Waals surface area contributed by atoms with Gasteiger partial charge in [-0.05, 0) is 27.7 Å². The minimum Gasteiger partial charge on any atom is -0.351 e. The van der Waals surface area contributed by atoms with E-state index in [4.69, 9.17) is 0 Å². The Bertz CT molecular complexity index is 475. The van der Waals surface area contributed by atoms with Crippen LogP contribution in [0.25, 0.3) is 0 Å². The Labute approximate surface area is 124 Å². The lowest BCUT2D eigenvalue weighted by atomic mass is 10.1. The molecule has 0 fully saturated rings. The summed E-state index contributed by atoms with van der Waals surface area (Å²) in [7, 11) is 1.68. The van der Waals surface area contributed by atoms with E-state index in [0.29, 0.717) is 12.5 Å². The number of nitrogens with one attached hydrogen (secondary N) is 3. The van der Waals surface area contributed by atoms with E-state index in [1.54, 1.807) is 18.4 Å². The van der Waals surface area contributed by atoms with Crippen molar-refractivity contribution in [2.24, 2.45) is 4.99 Å². The molecule has 0 atom stereocenters. The molecule has 0 bridgehead atoms. The molecule has 1 rings (SSSR count). The van der Waals surface area contributed by atoms with Crippen LogP contribution in [-0.2, 0) is 11.3 Å². The van der Waals surface area contributed by atoms with Crippen LogP contribution in [0.1, 0.15) is 31.3 Å². The standard InChI is InChI=1S/C13H23N5OS/c1-9-10(20-8-17-9)6-15-12(14-5)16-7-11(19)18-13(2,3)4/h8H,6-7H2,1-5H3,(H,18,19)(H2,14,15,16). The van der Waals surface area contributed by atoms with Crippen molar-refractivity contribution in [2.75, 3.05) is 13.6 Å². The van der Waals surface area contributed by atoms with Crippen molar-refractivity contribution in [3.63, 3.8) is 0 Å². The molecule has 112 valence electrons. The van der Waals surface area contributed by atoms with Crippen molar-refractivity contribution in [1.82, 2.24) is 20.9 Å². The molecule has 6 nitrogen and oxygen atoms in total. The summed E-state index contributed by atoms with van der Waals surface area (Å²) in [5, 5.41) is 9.03. The molecule has 1 aromatic heterocycles. The Morgan fingerprint density at radius 3 is 2.60 bits per heavy atom. The molecule has 0 spiro atoms. The van der Waals surface area contributed by atoms with E-state index in [1.165, 1.54) is 0 Å². The van der Waals surface area contributed by atoms with E-state index < -0.39 is 0 Å². The Kier molecular flexibility index (Phi) is 5.94. The Hall–Kier alpha value is -1.63. The third-order valence-electron chi connectivity index (χ3n) is 2.42. The van der Waals surface area contributed by atoms with E-state index in [9.17, 15) is 4.79 Å². The van der Waals surface area contributed by atoms with Crippen LogP contribution in [0.4, 0.5) is 0 Å². The van der Waals surface area contributed by atoms with Gasteiger partial charge in [0, 0.05) is 17.5 Å². The second kappa shape index (κ2) is 7.23. The number of rotatable bonds is 4. The number of aryl methyl sites for hydroxylation is 1. The van der Waals surface area contributed by atoms with Crippen molar-refractivity contribution in [3.05, 3.63) is 16.1 Å². The van der Waals surface area contributed by atoms with Crippen molar-refractivity contribution in [3.8, 4) is 0 Å². The number of hydrogen-bond acceptors (Lipinski definition) is 4. The fourth-order valence-electron chi connectivity index (χ4n) is 1.51. The average Bonchev–Trinajstić information content (AvgIpc) is 2.73. The smallest absolute Gasteiger partial charge is 0.239 e. The van der Waals surface area contributed by atoms with Crippen molar-refractivity contribution >= 4 is 23.2 Å². The molecule has 0 aromatic carbocycles. The summed E-state index contributed by atoms with van der Waals surface area (Å²) in [6, 6.07) is 0. The van der Waals surface area contributed by atoms with E-state index in [0.717, 1.165) is 10.6 Å². The third-order valence-corrected chi connectivity index (χ3v) is 3.35. The maximum absolute atomic E-state index is 11.7. The SMILES string of the molecule is CN=C(NCC(=O)NC(C)(C)C)NCc1scnc1C. The van der Waals surface area contributed by atoms with Gasteiger partial charge in [-0.3, -0.25) is 9.79 Å². The zero-order chi connectivity index (χ0) is 15.2. The Balaban J connectivity index is 2.37. The highest BCUT2D eigenvalue weighted by Crippen LogP contribution is 2.10. The van der Waals surface area contributed by atoms with Crippen molar-refractivity contribution < 1.29 is 4.79 Å². The predicted molar refractivity (Wildman–Crippen MR) is 82.9 cm³/mol. The van der Waals surface area contributed by atoms with Crippen molar-refractivity contribution in [1.29, 1.82) is 0 Å². The quantitative estimate of drug-likeness (QED) is 0.573. The van der Waals surface area contributed by atoms with E-state index in [2.05, 4.69) is 25.9 Å². The highest BCUT2D eigenvalue weighted by molar-refractivity contribution is 7.09. The molecule has 7 heteroatoms. The number of amides is 1. The van der Waals surface area contributed by atoms with Gasteiger partial charge < -0.3 is 16.0 Å². The molecule has 0 saturated carbocycles. The number of aliphatic imine (C=N–C) groups is 1. The van der Waals surface area contributed by atoms with Gasteiger partial charge in [-0.15, -0.1) is 11.3 Å². The van der Waals surface area contributed by atoms with E-state index in [-0.39, 0.29) is 18.0 Å². The molecule has 0 aliphatic carbocycles. The van der Waals surface area contributed by atoms with Crippen LogP contribution in [0.15, 0.2) is 10.5 Å². The first-order chi connectivity index (χ1) is 9.31. The molecule has 0 saturated heterocycles. The summed E-state index contributed by atoms with van der Waals surface area (Å²) in [4.78, 5) is 21.1. The molecule has 1 heterocycles. The average molecular weight is 297 g/mol. The summed E-state index contributed by atoms with van der Waals surface area (Å²) in [5.74, 6) is 0.538. The van der Waals surface area contributed by atoms with Gasteiger partial charge in [0.25, 0.3) is 0 Å². The van der Waals surface area contributed by atoms with Gasteiger partial charge in [0.2, 0.25) is 5.91 Å². The topological polar surface area (TPSA) is 78.4 Å². The summed E-state index contributed by atoms with van der Waals surface area (Å²) < 4.78 is 0. The van der Waals surface area contributed by atoms with Gasteiger partial charge in [0.05, 0.1) is 24.3 Å². The molecule has 1 aromatic rings. The number of hydrogen-bond donors (Lipinski definition) is 3. The van der Waals surface area contributed by atoms with Crippen LogP contribution in [-0.4, -0.2) is 36.0 Å². The number of nitrogens with zero attached hydrogens (tertiary/aromatic N) is 2. The van der Waals surface area contributed by atoms with Gasteiger partial charge >= 0.3 is 0 Å². The summed E-state index contributed by atoms with van der Waals surface area (Å²) in [6.45, 7) is 8.66. The summed E-state index contributed by atoms with van der Waals surface area (Å²) >= 11 is 1.60. The second-order valence-electron chi connectivity index (χ2n) is 5.44. The van der Waals surface area contributed by atoms with Gasteiger partial charge in [-0.25, -0.2) is 4.98 Å². The predicted octanol–water partition coefficient (Wildman–Crippen LogP) is 1.03. The van der Waals surface area contributed by atoms with Crippen LogP contribution in [0.3, 0.4) is 0 Å². The van der Waals surface area contributed by atoms with Crippen LogP contribution in [0.5, 0.6) is 0 Å². The first-order valence-corrected chi connectivity index (χ1v) is 7.34. The molecule has 0 unspecified atom stereocenters. The minimum atomic E-state index is -0.227. The van der Waals surface area contributed by atoms with Gasteiger partial charge in [0.1, 0.15) is 0 Å². The lowest BCUT2D eigenvalue weighted by molar-refractivity contribution is -0.121. The lowest BCUT2D eigenvalue weighted by Gasteiger charge is -2.21. The molecule has 3 N–H and O–H groups in total. The monoisotopic (exact) mass is 297 g/mol. The third kappa shape index (κ3) is 6.01. The highest BCUT2D eigenvalue weighted by Gasteiger charge is 2.13. The zero-order valence-corrected chi connectivity index (χ0v) is 13.5. The summed E-state index contributed by atoms with van der Waals surface area (Å²) in [5.41, 5.74) is 2.61. The first-order valence-electron chi connectivity index (χ1n) is 6.46. The van der Waals surface area contributed by atoms with Crippen LogP contribution < -0.4 is 16.0 Å². The minimum absolute atomic E-state index is 0.0607. The first kappa shape index (κ1) is 16.4. The largest absolute Gasteiger partial charge is 0.351 e. The van der Waals surface area contributed by atoms with Crippen LogP contribution in [0.2, 0.25) is 0 Å². The molecule has 0 aliphatic rings. The van der Waals surface area contributed by atoms with Gasteiger partial charge in [-0.1, -0.05) is 0 Å². The Morgan fingerprint density at radius 1 is 1.40 bits per heavy atom. The second-order valence-corrected chi connectivity index (χ2v) is 6.38. The van der Waals surface area contributed by atoms with Crippen LogP contribution in [0, 0.1) is 6.92 Å². The lowest BCUT2D eigenvalue weighted by Crippen LogP contribution is -2.48. The fourth-order valence-corrected chi connectivity index (χ4v) is 2.22. The maximum atomic E-state index is 11.7. The number of carbonyl (C=O) groups excluding carboxylic acids is 1. The van der Waals surface area contributed by atoms with E-state index >= 15 is 0 Å². The molecular formula is C13H23N5OS. The molecule has 0 aliphatic heterocycles. The zero-order valence-electron chi connectivity index (χ0n) is 12.7. The Morgan fingerprint density at radius 2 is 2.10 bits per heavy atom. The normalized spacial score (nSPS) is 12.2. The molecule has 0 radical (unpaired) electrons. The van der Waals surface area contributed by atoms with Gasteiger partial charge in [0.15, 0.2) is 5.96 Å². The van der Waals surface area contributed by atoms with Crippen molar-refractivity contribution in [2.45, 2.75) is 39.8 Å². The van der Waals surface area contributed by atoms with Crippen LogP contribution >= 0.6 is 11.3 Å². The molecule has 1 amide bonds. The van der Waals surface area contributed by atoms with Gasteiger partial charge in [-0.2, -0.15) is 0 Å². The maximum Gasteiger partial charge on any atom is 0.239 e. The molecule has 20 heavy (non-hydrogen) atoms. The number of aromatic nitrogens is 1. The number of thiazole rings is 1. The highest BCUT2D eigenvalue weighted by atomic mass is 32.1. The summed E-state index contributed by atoms with van der Waals surface area (Å²) in [6.07, 6.45) is 0. The van der Waals surface area contributed by atoms with E-state index in [1.807, 2.05) is 33.2 Å². The number of guanidine groups is 1. The number of carbonyl (C=O) groups is 1. The molecular weight excluding hydrogens is 274 g/mol.